The number of rotatable bonds is 6. The highest BCUT2D eigenvalue weighted by Crippen LogP contribution is 2.38. The van der Waals surface area contributed by atoms with Gasteiger partial charge in [0.25, 0.3) is 0 Å². The van der Waals surface area contributed by atoms with Crippen LogP contribution in [0.4, 0.5) is 39.5 Å². The molecule has 0 saturated heterocycles. The van der Waals surface area contributed by atoms with Gasteiger partial charge in [-0.1, -0.05) is 6.92 Å². The molecule has 0 heterocycles. The zero-order chi connectivity index (χ0) is 16.2. The summed E-state index contributed by atoms with van der Waals surface area (Å²) in [5.41, 5.74) is 0. The minimum absolute atomic E-state index is 0.593. The van der Waals surface area contributed by atoms with Crippen molar-refractivity contribution in [3.05, 3.63) is 0 Å². The third-order valence-corrected chi connectivity index (χ3v) is 2.54. The third-order valence-electron chi connectivity index (χ3n) is 2.54. The molecular formula is C10H13F9O. The van der Waals surface area contributed by atoms with Crippen LogP contribution in [0.25, 0.3) is 0 Å². The molecule has 1 nitrogen and oxygen atoms in total. The molecule has 10 heteroatoms. The lowest BCUT2D eigenvalue weighted by molar-refractivity contribution is -0.213. The number of halogens is 9. The first-order valence-corrected chi connectivity index (χ1v) is 5.51. The highest BCUT2D eigenvalue weighted by atomic mass is 19.4. The quantitative estimate of drug-likeness (QED) is 0.508. The van der Waals surface area contributed by atoms with Gasteiger partial charge in [0.15, 0.2) is 0 Å². The Morgan fingerprint density at radius 1 is 0.850 bits per heavy atom. The molecule has 20 heavy (non-hydrogen) atoms. The molecule has 0 saturated carbocycles. The van der Waals surface area contributed by atoms with Crippen LogP contribution >= 0.6 is 0 Å². The second-order valence-electron chi connectivity index (χ2n) is 4.37. The van der Waals surface area contributed by atoms with E-state index < -0.39 is 56.4 Å². The molecule has 122 valence electrons. The van der Waals surface area contributed by atoms with E-state index in [2.05, 4.69) is 4.74 Å². The van der Waals surface area contributed by atoms with E-state index in [0.717, 1.165) is 0 Å². The van der Waals surface area contributed by atoms with Crippen molar-refractivity contribution in [3.63, 3.8) is 0 Å². The first-order chi connectivity index (χ1) is 8.73. The second-order valence-corrected chi connectivity index (χ2v) is 4.37. The van der Waals surface area contributed by atoms with Crippen LogP contribution in [0.3, 0.4) is 0 Å². The fraction of sp³-hybridized carbons (Fsp3) is 1.00. The number of ether oxygens (including phenoxy) is 1. The molecular weight excluding hydrogens is 307 g/mol. The second kappa shape index (κ2) is 6.86. The number of hydrogen-bond acceptors (Lipinski definition) is 1. The maximum Gasteiger partial charge on any atom is 0.411 e. The van der Waals surface area contributed by atoms with Crippen LogP contribution in [0.2, 0.25) is 0 Å². The van der Waals surface area contributed by atoms with Crippen LogP contribution in [0.5, 0.6) is 0 Å². The Hall–Kier alpha value is -0.670. The Morgan fingerprint density at radius 3 is 1.70 bits per heavy atom. The molecule has 0 aliphatic carbocycles. The van der Waals surface area contributed by atoms with Crippen LogP contribution < -0.4 is 0 Å². The van der Waals surface area contributed by atoms with Gasteiger partial charge >= 0.3 is 18.5 Å². The lowest BCUT2D eigenvalue weighted by Crippen LogP contribution is -2.31. The molecule has 2 atom stereocenters. The summed E-state index contributed by atoms with van der Waals surface area (Å²) in [6, 6.07) is 0. The molecule has 0 aromatic rings. The van der Waals surface area contributed by atoms with Crippen molar-refractivity contribution in [2.45, 2.75) is 38.3 Å². The number of alkyl halides is 9. The highest BCUT2D eigenvalue weighted by Gasteiger charge is 2.45. The fourth-order valence-electron chi connectivity index (χ4n) is 1.39. The topological polar surface area (TPSA) is 9.23 Å². The maximum atomic E-state index is 12.5. The van der Waals surface area contributed by atoms with Crippen molar-refractivity contribution in [3.8, 4) is 0 Å². The zero-order valence-corrected chi connectivity index (χ0v) is 10.3. The maximum absolute atomic E-state index is 12.5. The SMILES string of the molecule is CC(CC(CCOCC(F)(F)F)C(F)(F)F)C(F)(F)F. The highest BCUT2D eigenvalue weighted by molar-refractivity contribution is 4.74. The molecule has 0 amide bonds. The van der Waals surface area contributed by atoms with E-state index in [1.807, 2.05) is 0 Å². The molecule has 0 aromatic carbocycles. The molecule has 0 rings (SSSR count). The summed E-state index contributed by atoms with van der Waals surface area (Å²) in [4.78, 5) is 0. The fourth-order valence-corrected chi connectivity index (χ4v) is 1.39. The summed E-state index contributed by atoms with van der Waals surface area (Å²) in [5, 5.41) is 0. The van der Waals surface area contributed by atoms with Gasteiger partial charge in [0.05, 0.1) is 11.8 Å². The molecule has 0 N–H and O–H groups in total. The molecule has 2 unspecified atom stereocenters. The van der Waals surface area contributed by atoms with E-state index in [1.165, 1.54) is 0 Å². The van der Waals surface area contributed by atoms with Crippen molar-refractivity contribution < 1.29 is 44.3 Å². The summed E-state index contributed by atoms with van der Waals surface area (Å²) in [7, 11) is 0. The monoisotopic (exact) mass is 320 g/mol. The predicted octanol–water partition coefficient (Wildman–Crippen LogP) is 4.72. The van der Waals surface area contributed by atoms with Gasteiger partial charge in [-0.25, -0.2) is 0 Å². The molecule has 0 fully saturated rings. The van der Waals surface area contributed by atoms with Gasteiger partial charge in [0.1, 0.15) is 6.61 Å². The van der Waals surface area contributed by atoms with Crippen LogP contribution in [-0.2, 0) is 4.74 Å². The van der Waals surface area contributed by atoms with E-state index in [1.54, 1.807) is 0 Å². The average Bonchev–Trinajstić information content (AvgIpc) is 2.17. The predicted molar refractivity (Wildman–Crippen MR) is 50.9 cm³/mol. The summed E-state index contributed by atoms with van der Waals surface area (Å²) in [6.07, 6.45) is -16.6. The zero-order valence-electron chi connectivity index (χ0n) is 10.3. The van der Waals surface area contributed by atoms with Gasteiger partial charge in [-0.3, -0.25) is 0 Å². The molecule has 0 spiro atoms. The van der Waals surface area contributed by atoms with E-state index >= 15 is 0 Å². The Labute approximate surface area is 109 Å². The van der Waals surface area contributed by atoms with Crippen molar-refractivity contribution in [1.82, 2.24) is 0 Å². The summed E-state index contributed by atoms with van der Waals surface area (Å²) < 4.78 is 113. The van der Waals surface area contributed by atoms with Gasteiger partial charge in [0, 0.05) is 6.61 Å². The van der Waals surface area contributed by atoms with Crippen LogP contribution in [-0.4, -0.2) is 31.7 Å². The molecule has 0 bridgehead atoms. The molecule has 0 aliphatic heterocycles. The van der Waals surface area contributed by atoms with Gasteiger partial charge in [-0.05, 0) is 12.8 Å². The first kappa shape index (κ1) is 19.3. The van der Waals surface area contributed by atoms with Gasteiger partial charge < -0.3 is 4.74 Å². The van der Waals surface area contributed by atoms with Crippen LogP contribution in [0.1, 0.15) is 19.8 Å². The standard InChI is InChI=1S/C10H13F9O/c1-6(9(14,15)16)4-7(10(17,18)19)2-3-20-5-8(11,12)13/h6-7H,2-5H2,1H3. The smallest absolute Gasteiger partial charge is 0.372 e. The van der Waals surface area contributed by atoms with Gasteiger partial charge in [-0.15, -0.1) is 0 Å². The largest absolute Gasteiger partial charge is 0.411 e. The van der Waals surface area contributed by atoms with E-state index in [4.69, 9.17) is 0 Å². The van der Waals surface area contributed by atoms with E-state index in [0.29, 0.717) is 6.92 Å². The Morgan fingerprint density at radius 2 is 1.35 bits per heavy atom. The van der Waals surface area contributed by atoms with Crippen molar-refractivity contribution in [2.24, 2.45) is 11.8 Å². The Bertz CT molecular complexity index is 278. The van der Waals surface area contributed by atoms with Crippen LogP contribution in [0, 0.1) is 11.8 Å². The summed E-state index contributed by atoms with van der Waals surface area (Å²) in [5.74, 6) is -4.55. The van der Waals surface area contributed by atoms with Gasteiger partial charge in [-0.2, -0.15) is 39.5 Å². The number of hydrogen-bond donors (Lipinski definition) is 0. The van der Waals surface area contributed by atoms with Crippen molar-refractivity contribution in [2.75, 3.05) is 13.2 Å². The van der Waals surface area contributed by atoms with E-state index in [9.17, 15) is 39.5 Å². The minimum atomic E-state index is -4.92. The van der Waals surface area contributed by atoms with Gasteiger partial charge in [0.2, 0.25) is 0 Å². The normalized spacial score (nSPS) is 17.1. The van der Waals surface area contributed by atoms with Crippen LogP contribution in [0.15, 0.2) is 0 Å². The minimum Gasteiger partial charge on any atom is -0.372 e. The van der Waals surface area contributed by atoms with E-state index in [-0.39, 0.29) is 0 Å². The molecule has 0 radical (unpaired) electrons. The lowest BCUT2D eigenvalue weighted by Gasteiger charge is -2.24. The molecule has 0 aromatic heterocycles. The third kappa shape index (κ3) is 8.49. The Kier molecular flexibility index (Phi) is 6.63. The average molecular weight is 320 g/mol. The lowest BCUT2D eigenvalue weighted by atomic mass is 9.92. The first-order valence-electron chi connectivity index (χ1n) is 5.51. The molecule has 0 aliphatic rings. The van der Waals surface area contributed by atoms with Crippen molar-refractivity contribution >= 4 is 0 Å². The van der Waals surface area contributed by atoms with Crippen molar-refractivity contribution in [1.29, 1.82) is 0 Å². The summed E-state index contributed by atoms with van der Waals surface area (Å²) >= 11 is 0. The Balaban J connectivity index is 4.39. The summed E-state index contributed by atoms with van der Waals surface area (Å²) in [6.45, 7) is -2.05.